The van der Waals surface area contributed by atoms with Crippen LogP contribution < -0.4 is 10.0 Å². The van der Waals surface area contributed by atoms with Crippen LogP contribution in [-0.2, 0) is 19.6 Å². The lowest BCUT2D eigenvalue weighted by atomic mass is 10.2. The number of carbonyl (C=O) groups excluding carboxylic acids is 3. The predicted octanol–water partition coefficient (Wildman–Crippen LogP) is 2.10. The van der Waals surface area contributed by atoms with Crippen molar-refractivity contribution in [2.24, 2.45) is 0 Å². The van der Waals surface area contributed by atoms with Crippen LogP contribution in [0.15, 0.2) is 59.5 Å². The third-order valence-electron chi connectivity index (χ3n) is 4.52. The van der Waals surface area contributed by atoms with Gasteiger partial charge in [-0.1, -0.05) is 30.3 Å². The van der Waals surface area contributed by atoms with Gasteiger partial charge in [0.25, 0.3) is 10.0 Å². The monoisotopic (exact) mass is 430 g/mol. The zero-order chi connectivity index (χ0) is 21.7. The molecule has 0 saturated carbocycles. The maximum Gasteiger partial charge on any atom is 0.326 e. The maximum atomic E-state index is 12.5. The van der Waals surface area contributed by atoms with Crippen molar-refractivity contribution in [3.63, 3.8) is 0 Å². The number of para-hydroxylation sites is 2. The van der Waals surface area contributed by atoms with Crippen LogP contribution in [0.4, 0.5) is 16.2 Å². The molecule has 1 aliphatic heterocycles. The van der Waals surface area contributed by atoms with Gasteiger partial charge in [-0.2, -0.15) is 0 Å². The zero-order valence-electron chi connectivity index (χ0n) is 16.4. The number of rotatable bonds is 8. The van der Waals surface area contributed by atoms with Crippen molar-refractivity contribution in [3.8, 4) is 0 Å². The first kappa shape index (κ1) is 21.3. The highest BCUT2D eigenvalue weighted by molar-refractivity contribution is 7.92. The van der Waals surface area contributed by atoms with E-state index in [1.807, 2.05) is 0 Å². The van der Waals surface area contributed by atoms with Gasteiger partial charge in [-0.15, -0.1) is 0 Å². The standard InChI is InChI=1S/C20H22N4O5S/c1-23-14-19(26)24(20(23)27)13-7-12-18(25)21-16-10-5-6-11-17(16)22-30(28,29)15-8-3-2-4-9-15/h2-6,8-11,22H,7,12-14H2,1H3,(H,21,25). The number of benzene rings is 2. The Morgan fingerprint density at radius 1 is 1.00 bits per heavy atom. The Morgan fingerprint density at radius 2 is 1.63 bits per heavy atom. The minimum absolute atomic E-state index is 0.0416. The Labute approximate surface area is 174 Å². The van der Waals surface area contributed by atoms with E-state index < -0.39 is 10.0 Å². The van der Waals surface area contributed by atoms with Gasteiger partial charge in [0.1, 0.15) is 6.54 Å². The van der Waals surface area contributed by atoms with E-state index >= 15 is 0 Å². The van der Waals surface area contributed by atoms with E-state index in [4.69, 9.17) is 0 Å². The van der Waals surface area contributed by atoms with Crippen molar-refractivity contribution in [2.75, 3.05) is 30.2 Å². The van der Waals surface area contributed by atoms with Gasteiger partial charge in [-0.25, -0.2) is 13.2 Å². The molecule has 1 heterocycles. The molecule has 0 spiro atoms. The van der Waals surface area contributed by atoms with Crippen LogP contribution in [0.25, 0.3) is 0 Å². The van der Waals surface area contributed by atoms with Gasteiger partial charge in [0.15, 0.2) is 0 Å². The molecule has 158 valence electrons. The van der Waals surface area contributed by atoms with E-state index in [1.165, 1.54) is 17.0 Å². The van der Waals surface area contributed by atoms with E-state index in [0.29, 0.717) is 12.1 Å². The first-order valence-electron chi connectivity index (χ1n) is 9.30. The number of imide groups is 1. The van der Waals surface area contributed by atoms with E-state index in [9.17, 15) is 22.8 Å². The molecule has 2 aromatic carbocycles. The van der Waals surface area contributed by atoms with Crippen molar-refractivity contribution in [2.45, 2.75) is 17.7 Å². The van der Waals surface area contributed by atoms with Gasteiger partial charge in [0.05, 0.1) is 16.3 Å². The first-order chi connectivity index (χ1) is 14.3. The minimum Gasteiger partial charge on any atom is -0.324 e. The average Bonchev–Trinajstić information content (AvgIpc) is 2.96. The van der Waals surface area contributed by atoms with Crippen LogP contribution in [0.5, 0.6) is 0 Å². The Bertz CT molecular complexity index is 1060. The number of nitrogens with one attached hydrogen (secondary N) is 2. The third-order valence-corrected chi connectivity index (χ3v) is 5.90. The molecule has 4 amide bonds. The summed E-state index contributed by atoms with van der Waals surface area (Å²) in [6.45, 7) is 0.192. The Morgan fingerprint density at radius 3 is 2.27 bits per heavy atom. The predicted molar refractivity (Wildman–Crippen MR) is 111 cm³/mol. The Kier molecular flexibility index (Phi) is 6.36. The highest BCUT2D eigenvalue weighted by Gasteiger charge is 2.32. The highest BCUT2D eigenvalue weighted by Crippen LogP contribution is 2.24. The minimum atomic E-state index is -3.80. The van der Waals surface area contributed by atoms with Crippen molar-refractivity contribution in [1.29, 1.82) is 0 Å². The number of hydrogen-bond donors (Lipinski definition) is 2. The first-order valence-corrected chi connectivity index (χ1v) is 10.8. The van der Waals surface area contributed by atoms with Gasteiger partial charge >= 0.3 is 6.03 Å². The molecule has 0 atom stereocenters. The largest absolute Gasteiger partial charge is 0.326 e. The van der Waals surface area contributed by atoms with Crippen LogP contribution in [0, 0.1) is 0 Å². The number of anilines is 2. The topological polar surface area (TPSA) is 116 Å². The fourth-order valence-electron chi connectivity index (χ4n) is 2.98. The molecule has 1 fully saturated rings. The molecule has 2 aromatic rings. The molecule has 1 aliphatic rings. The Balaban J connectivity index is 1.60. The van der Waals surface area contributed by atoms with Gasteiger partial charge < -0.3 is 10.2 Å². The molecule has 10 heteroatoms. The van der Waals surface area contributed by atoms with Crippen molar-refractivity contribution in [1.82, 2.24) is 9.80 Å². The normalized spacial score (nSPS) is 14.2. The smallest absolute Gasteiger partial charge is 0.324 e. The summed E-state index contributed by atoms with van der Waals surface area (Å²) < 4.78 is 27.6. The lowest BCUT2D eigenvalue weighted by molar-refractivity contribution is -0.125. The zero-order valence-corrected chi connectivity index (χ0v) is 17.2. The molecular formula is C20H22N4O5S. The number of urea groups is 1. The van der Waals surface area contributed by atoms with Crippen molar-refractivity contribution < 1.29 is 22.8 Å². The summed E-state index contributed by atoms with van der Waals surface area (Å²) in [5.41, 5.74) is 0.552. The number of nitrogens with zero attached hydrogens (tertiary/aromatic N) is 2. The molecule has 2 N–H and O–H groups in total. The molecule has 30 heavy (non-hydrogen) atoms. The third kappa shape index (κ3) is 4.95. The second-order valence-corrected chi connectivity index (χ2v) is 8.48. The molecule has 0 radical (unpaired) electrons. The fourth-order valence-corrected chi connectivity index (χ4v) is 4.08. The van der Waals surface area contributed by atoms with Crippen LogP contribution in [0.2, 0.25) is 0 Å². The maximum absolute atomic E-state index is 12.5. The van der Waals surface area contributed by atoms with Crippen molar-refractivity contribution >= 4 is 39.2 Å². The second kappa shape index (κ2) is 8.95. The van der Waals surface area contributed by atoms with Crippen LogP contribution in [0.1, 0.15) is 12.8 Å². The number of amides is 4. The highest BCUT2D eigenvalue weighted by atomic mass is 32.2. The van der Waals surface area contributed by atoms with Gasteiger partial charge in [-0.05, 0) is 30.7 Å². The van der Waals surface area contributed by atoms with Crippen LogP contribution in [-0.4, -0.2) is 56.2 Å². The average molecular weight is 430 g/mol. The summed E-state index contributed by atoms with van der Waals surface area (Å²) in [6, 6.07) is 14.0. The molecule has 0 bridgehead atoms. The molecule has 1 saturated heterocycles. The summed E-state index contributed by atoms with van der Waals surface area (Å²) in [7, 11) is -2.26. The molecule has 9 nitrogen and oxygen atoms in total. The van der Waals surface area contributed by atoms with Gasteiger partial charge in [0.2, 0.25) is 11.8 Å². The Hall–Kier alpha value is -3.40. The summed E-state index contributed by atoms with van der Waals surface area (Å²) in [5, 5.41) is 2.68. The summed E-state index contributed by atoms with van der Waals surface area (Å²) in [5.74, 6) is -0.641. The van der Waals surface area contributed by atoms with E-state index in [-0.39, 0.29) is 47.9 Å². The SMILES string of the molecule is CN1CC(=O)N(CCCC(=O)Nc2ccccc2NS(=O)(=O)c2ccccc2)C1=O. The van der Waals surface area contributed by atoms with Crippen LogP contribution >= 0.6 is 0 Å². The summed E-state index contributed by atoms with van der Waals surface area (Å²) >= 11 is 0. The number of likely N-dealkylation sites (N-methyl/N-ethyl adjacent to an activating group) is 1. The lowest BCUT2D eigenvalue weighted by Gasteiger charge is -2.15. The van der Waals surface area contributed by atoms with Gasteiger partial charge in [0, 0.05) is 20.0 Å². The lowest BCUT2D eigenvalue weighted by Crippen LogP contribution is -2.32. The van der Waals surface area contributed by atoms with E-state index in [0.717, 1.165) is 4.90 Å². The summed E-state index contributed by atoms with van der Waals surface area (Å²) in [6.07, 6.45) is 0.371. The second-order valence-electron chi connectivity index (χ2n) is 6.80. The van der Waals surface area contributed by atoms with E-state index in [2.05, 4.69) is 10.0 Å². The van der Waals surface area contributed by atoms with Crippen molar-refractivity contribution in [3.05, 3.63) is 54.6 Å². The number of sulfonamides is 1. The van der Waals surface area contributed by atoms with E-state index in [1.54, 1.807) is 49.5 Å². The molecule has 0 unspecified atom stereocenters. The molecular weight excluding hydrogens is 408 g/mol. The number of carbonyl (C=O) groups is 3. The molecule has 0 aromatic heterocycles. The summed E-state index contributed by atoms with van der Waals surface area (Å²) in [4.78, 5) is 38.5. The number of hydrogen-bond acceptors (Lipinski definition) is 5. The molecule has 0 aliphatic carbocycles. The fraction of sp³-hybridized carbons (Fsp3) is 0.250. The van der Waals surface area contributed by atoms with Gasteiger partial charge in [-0.3, -0.25) is 19.2 Å². The molecule has 3 rings (SSSR count). The van der Waals surface area contributed by atoms with Crippen LogP contribution in [0.3, 0.4) is 0 Å². The quantitative estimate of drug-likeness (QED) is 0.622.